The number of hydrogen-bond acceptors (Lipinski definition) is 5. The summed E-state index contributed by atoms with van der Waals surface area (Å²) >= 11 is 0. The standard InChI is InChI=1S/C27H32F4N6/c1-18-10-20-11-19(21-12-33-35(2)14-21)4-6-24(20)26(37(18)17-27(29,30)31)25-7-5-22(13-32-25)34-23-15-36(16-23)9-3-8-28/h4-7,11-14,18,23,26,34H,3,8-10,15-17H2,1-2H3/t18-,26+/m1/s1. The van der Waals surface area contributed by atoms with Gasteiger partial charge in [-0.25, -0.2) is 0 Å². The largest absolute Gasteiger partial charge is 0.401 e. The first-order valence-electron chi connectivity index (χ1n) is 12.7. The van der Waals surface area contributed by atoms with E-state index in [-0.39, 0.29) is 18.8 Å². The van der Waals surface area contributed by atoms with Gasteiger partial charge in [0, 0.05) is 44.5 Å². The van der Waals surface area contributed by atoms with Crippen molar-refractivity contribution in [1.29, 1.82) is 0 Å². The fourth-order valence-electron chi connectivity index (χ4n) is 5.47. The van der Waals surface area contributed by atoms with Gasteiger partial charge in [0.15, 0.2) is 0 Å². The molecule has 2 atom stereocenters. The Morgan fingerprint density at radius 2 is 1.89 bits per heavy atom. The molecular formula is C27H32F4N6. The van der Waals surface area contributed by atoms with Crippen molar-refractivity contribution in [3.05, 3.63) is 65.7 Å². The van der Waals surface area contributed by atoms with Gasteiger partial charge in [0.1, 0.15) is 0 Å². The van der Waals surface area contributed by atoms with Crippen molar-refractivity contribution < 1.29 is 17.6 Å². The van der Waals surface area contributed by atoms with Gasteiger partial charge in [-0.1, -0.05) is 18.2 Å². The molecule has 1 aromatic carbocycles. The molecular weight excluding hydrogens is 484 g/mol. The molecule has 37 heavy (non-hydrogen) atoms. The summed E-state index contributed by atoms with van der Waals surface area (Å²) in [6.45, 7) is 2.98. The summed E-state index contributed by atoms with van der Waals surface area (Å²) in [5, 5.41) is 7.66. The van der Waals surface area contributed by atoms with Crippen LogP contribution in [0.25, 0.3) is 11.1 Å². The summed E-state index contributed by atoms with van der Waals surface area (Å²) in [5.74, 6) is 0. The van der Waals surface area contributed by atoms with Crippen molar-refractivity contribution >= 4 is 5.69 Å². The second-order valence-corrected chi connectivity index (χ2v) is 10.2. The number of alkyl halides is 4. The molecule has 0 amide bonds. The van der Waals surface area contributed by atoms with Gasteiger partial charge in [-0.3, -0.25) is 23.9 Å². The van der Waals surface area contributed by atoms with Crippen LogP contribution in [0.5, 0.6) is 0 Å². The molecule has 0 radical (unpaired) electrons. The number of halogens is 4. The monoisotopic (exact) mass is 516 g/mol. The Hall–Kier alpha value is -2.98. The normalized spacial score (nSPS) is 21.0. The van der Waals surface area contributed by atoms with Crippen LogP contribution in [-0.4, -0.2) is 75.7 Å². The number of anilines is 1. The highest BCUT2D eigenvalue weighted by molar-refractivity contribution is 5.64. The summed E-state index contributed by atoms with van der Waals surface area (Å²) in [7, 11) is 1.85. The number of pyridine rings is 1. The van der Waals surface area contributed by atoms with E-state index >= 15 is 0 Å². The zero-order chi connectivity index (χ0) is 26.2. The van der Waals surface area contributed by atoms with Crippen LogP contribution in [0.3, 0.4) is 0 Å². The van der Waals surface area contributed by atoms with E-state index in [9.17, 15) is 17.6 Å². The minimum absolute atomic E-state index is 0.260. The maximum absolute atomic E-state index is 13.6. The van der Waals surface area contributed by atoms with E-state index in [1.54, 1.807) is 17.1 Å². The molecule has 1 N–H and O–H groups in total. The van der Waals surface area contributed by atoms with Gasteiger partial charge in [0.2, 0.25) is 0 Å². The summed E-state index contributed by atoms with van der Waals surface area (Å²) in [6, 6.07) is 9.02. The molecule has 2 aromatic heterocycles. The van der Waals surface area contributed by atoms with Crippen LogP contribution in [0.2, 0.25) is 0 Å². The smallest absolute Gasteiger partial charge is 0.378 e. The number of aryl methyl sites for hydroxylation is 1. The van der Waals surface area contributed by atoms with Gasteiger partial charge in [0.25, 0.3) is 0 Å². The Bertz CT molecular complexity index is 1200. The van der Waals surface area contributed by atoms with Crippen molar-refractivity contribution in [3.8, 4) is 11.1 Å². The third-order valence-electron chi connectivity index (χ3n) is 7.25. The van der Waals surface area contributed by atoms with Gasteiger partial charge in [0.05, 0.1) is 49.1 Å². The second-order valence-electron chi connectivity index (χ2n) is 10.2. The molecule has 0 saturated carbocycles. The van der Waals surface area contributed by atoms with Crippen LogP contribution in [0.4, 0.5) is 23.2 Å². The fraction of sp³-hybridized carbons (Fsp3) is 0.481. The first kappa shape index (κ1) is 25.7. The summed E-state index contributed by atoms with van der Waals surface area (Å²) in [4.78, 5) is 8.33. The first-order valence-corrected chi connectivity index (χ1v) is 12.7. The van der Waals surface area contributed by atoms with Gasteiger partial charge in [-0.05, 0) is 48.6 Å². The van der Waals surface area contributed by atoms with Crippen molar-refractivity contribution in [2.75, 3.05) is 38.2 Å². The fourth-order valence-corrected chi connectivity index (χ4v) is 5.47. The first-order chi connectivity index (χ1) is 17.7. The molecule has 0 spiro atoms. The lowest BCUT2D eigenvalue weighted by Gasteiger charge is -2.42. The molecule has 198 valence electrons. The van der Waals surface area contributed by atoms with Crippen LogP contribution in [0, 0.1) is 0 Å². The lowest BCUT2D eigenvalue weighted by molar-refractivity contribution is -0.155. The molecule has 1 fully saturated rings. The van der Waals surface area contributed by atoms with Crippen LogP contribution in [-0.2, 0) is 13.5 Å². The molecule has 2 aliphatic heterocycles. The third kappa shape index (κ3) is 5.80. The number of rotatable bonds is 8. The zero-order valence-electron chi connectivity index (χ0n) is 21.0. The zero-order valence-corrected chi connectivity index (χ0v) is 21.0. The van der Waals surface area contributed by atoms with E-state index in [1.807, 2.05) is 44.4 Å². The number of nitrogens with one attached hydrogen (secondary N) is 1. The molecule has 4 heterocycles. The lowest BCUT2D eigenvalue weighted by atomic mass is 9.85. The molecule has 5 rings (SSSR count). The molecule has 0 unspecified atom stereocenters. The van der Waals surface area contributed by atoms with Crippen LogP contribution < -0.4 is 5.32 Å². The maximum Gasteiger partial charge on any atom is 0.401 e. The Kier molecular flexibility index (Phi) is 7.22. The van der Waals surface area contributed by atoms with E-state index < -0.39 is 18.8 Å². The van der Waals surface area contributed by atoms with Gasteiger partial charge >= 0.3 is 6.18 Å². The SMILES string of the molecule is C[C@@H]1Cc2cc(-c3cnn(C)c3)ccc2[C@@H](c2ccc(NC3CN(CCCF)C3)cn2)N1CC(F)(F)F. The predicted molar refractivity (Wildman–Crippen MR) is 135 cm³/mol. The molecule has 3 aromatic rings. The highest BCUT2D eigenvalue weighted by atomic mass is 19.4. The summed E-state index contributed by atoms with van der Waals surface area (Å²) in [5.41, 5.74) is 5.28. The molecule has 1 saturated heterocycles. The van der Waals surface area contributed by atoms with Crippen molar-refractivity contribution in [2.45, 2.75) is 44.1 Å². The quantitative estimate of drug-likeness (QED) is 0.435. The van der Waals surface area contributed by atoms with Crippen molar-refractivity contribution in [2.24, 2.45) is 7.05 Å². The van der Waals surface area contributed by atoms with Crippen LogP contribution in [0.15, 0.2) is 48.9 Å². The number of likely N-dealkylation sites (tertiary alicyclic amines) is 1. The van der Waals surface area contributed by atoms with E-state index in [1.165, 1.54) is 4.90 Å². The average molecular weight is 517 g/mol. The van der Waals surface area contributed by atoms with Crippen LogP contribution in [0.1, 0.15) is 36.2 Å². The topological polar surface area (TPSA) is 49.2 Å². The molecule has 6 nitrogen and oxygen atoms in total. The minimum atomic E-state index is -4.32. The molecule has 2 aliphatic rings. The molecule has 10 heteroatoms. The van der Waals surface area contributed by atoms with E-state index in [4.69, 9.17) is 0 Å². The van der Waals surface area contributed by atoms with Gasteiger partial charge in [-0.15, -0.1) is 0 Å². The average Bonchev–Trinajstić information content (AvgIpc) is 3.26. The Balaban J connectivity index is 1.40. The highest BCUT2D eigenvalue weighted by Crippen LogP contribution is 2.40. The van der Waals surface area contributed by atoms with E-state index in [2.05, 4.69) is 26.4 Å². The number of nitrogens with zero attached hydrogens (tertiary/aromatic N) is 5. The summed E-state index contributed by atoms with van der Waals surface area (Å²) in [6.07, 6.45) is 2.17. The van der Waals surface area contributed by atoms with Crippen LogP contribution >= 0.6 is 0 Å². The Morgan fingerprint density at radius 1 is 1.08 bits per heavy atom. The Labute approximate surface area is 214 Å². The number of fused-ring (bicyclic) bond motifs is 1. The van der Waals surface area contributed by atoms with E-state index in [0.29, 0.717) is 18.5 Å². The van der Waals surface area contributed by atoms with Gasteiger partial charge < -0.3 is 5.32 Å². The number of hydrogen-bond donors (Lipinski definition) is 1. The minimum Gasteiger partial charge on any atom is -0.378 e. The lowest BCUT2D eigenvalue weighted by Crippen LogP contribution is -2.54. The predicted octanol–water partition coefficient (Wildman–Crippen LogP) is 4.84. The maximum atomic E-state index is 13.6. The number of aromatic nitrogens is 3. The third-order valence-corrected chi connectivity index (χ3v) is 7.25. The highest BCUT2D eigenvalue weighted by Gasteiger charge is 2.41. The van der Waals surface area contributed by atoms with Gasteiger partial charge in [-0.2, -0.15) is 18.3 Å². The Morgan fingerprint density at radius 3 is 2.54 bits per heavy atom. The molecule has 0 bridgehead atoms. The van der Waals surface area contributed by atoms with E-state index in [0.717, 1.165) is 47.6 Å². The van der Waals surface area contributed by atoms with Crippen molar-refractivity contribution in [3.63, 3.8) is 0 Å². The second kappa shape index (κ2) is 10.4. The number of benzene rings is 1. The molecule has 0 aliphatic carbocycles. The van der Waals surface area contributed by atoms with Crippen molar-refractivity contribution in [1.82, 2.24) is 24.6 Å². The summed E-state index contributed by atoms with van der Waals surface area (Å²) < 4.78 is 55.0.